The van der Waals surface area contributed by atoms with Crippen LogP contribution in [0.5, 0.6) is 5.75 Å². The molecule has 0 unspecified atom stereocenters. The molecular weight excluding hydrogens is 352 g/mol. The van der Waals surface area contributed by atoms with Crippen molar-refractivity contribution in [3.05, 3.63) is 77.9 Å². The van der Waals surface area contributed by atoms with Crippen molar-refractivity contribution < 1.29 is 9.53 Å². The molecule has 2 N–H and O–H groups in total. The quantitative estimate of drug-likeness (QED) is 0.612. The fourth-order valence-electron chi connectivity index (χ4n) is 2.84. The largest absolute Gasteiger partial charge is 0.491 e. The van der Waals surface area contributed by atoms with Crippen LogP contribution in [0.1, 0.15) is 30.0 Å². The first-order chi connectivity index (χ1) is 13.6. The molecule has 0 aliphatic carbocycles. The molecule has 1 aromatic heterocycles. The van der Waals surface area contributed by atoms with E-state index in [1.165, 1.54) is 0 Å². The minimum atomic E-state index is -0.259. The predicted molar refractivity (Wildman–Crippen MR) is 111 cm³/mol. The van der Waals surface area contributed by atoms with E-state index < -0.39 is 0 Å². The van der Waals surface area contributed by atoms with Gasteiger partial charge in [-0.05, 0) is 42.2 Å². The van der Waals surface area contributed by atoms with Crippen LogP contribution in [-0.2, 0) is 13.1 Å². The minimum Gasteiger partial charge on any atom is -0.491 e. The number of urea groups is 1. The highest BCUT2D eigenvalue weighted by Gasteiger charge is 2.08. The van der Waals surface area contributed by atoms with E-state index in [1.54, 1.807) is 12.5 Å². The Kier molecular flexibility index (Phi) is 6.68. The van der Waals surface area contributed by atoms with Gasteiger partial charge >= 0.3 is 6.03 Å². The Hall–Kier alpha value is -3.28. The van der Waals surface area contributed by atoms with Gasteiger partial charge in [-0.15, -0.1) is 0 Å². The third kappa shape index (κ3) is 5.61. The number of nitrogens with zero attached hydrogens (tertiary/aromatic N) is 2. The van der Waals surface area contributed by atoms with E-state index in [1.807, 2.05) is 48.0 Å². The molecule has 0 atom stereocenters. The molecule has 146 valence electrons. The Balaban J connectivity index is 1.57. The van der Waals surface area contributed by atoms with Gasteiger partial charge in [-0.1, -0.05) is 37.3 Å². The number of hydrogen-bond acceptors (Lipinski definition) is 3. The van der Waals surface area contributed by atoms with Crippen LogP contribution in [0.4, 0.5) is 10.5 Å². The van der Waals surface area contributed by atoms with Gasteiger partial charge in [0.1, 0.15) is 5.75 Å². The summed E-state index contributed by atoms with van der Waals surface area (Å²) in [6, 6.07) is 13.6. The van der Waals surface area contributed by atoms with Gasteiger partial charge in [0, 0.05) is 25.5 Å². The lowest BCUT2D eigenvalue weighted by atomic mass is 10.1. The highest BCUT2D eigenvalue weighted by atomic mass is 16.5. The highest BCUT2D eigenvalue weighted by molar-refractivity contribution is 5.90. The van der Waals surface area contributed by atoms with Crippen LogP contribution in [0.25, 0.3) is 0 Å². The molecule has 2 aromatic carbocycles. The Morgan fingerprint density at radius 2 is 2.04 bits per heavy atom. The molecule has 6 heteroatoms. The number of anilines is 1. The SMILES string of the molecule is CCCOc1cc(C)ccc1NC(=O)NCc1cccc(Cn2ccnc2)c1. The van der Waals surface area contributed by atoms with Gasteiger partial charge in [-0.2, -0.15) is 0 Å². The lowest BCUT2D eigenvalue weighted by molar-refractivity contribution is 0.251. The molecule has 0 fully saturated rings. The summed E-state index contributed by atoms with van der Waals surface area (Å²) in [6.45, 7) is 5.86. The summed E-state index contributed by atoms with van der Waals surface area (Å²) in [5.41, 5.74) is 3.96. The van der Waals surface area contributed by atoms with Crippen molar-refractivity contribution >= 4 is 11.7 Å². The lowest BCUT2D eigenvalue weighted by Gasteiger charge is -2.14. The van der Waals surface area contributed by atoms with Crippen LogP contribution >= 0.6 is 0 Å². The van der Waals surface area contributed by atoms with Crippen molar-refractivity contribution in [3.63, 3.8) is 0 Å². The maximum Gasteiger partial charge on any atom is 0.319 e. The predicted octanol–water partition coefficient (Wildman–Crippen LogP) is 4.35. The normalized spacial score (nSPS) is 10.5. The van der Waals surface area contributed by atoms with Crippen molar-refractivity contribution in [2.75, 3.05) is 11.9 Å². The molecule has 0 saturated carbocycles. The molecule has 28 heavy (non-hydrogen) atoms. The van der Waals surface area contributed by atoms with Crippen molar-refractivity contribution in [2.24, 2.45) is 0 Å². The second-order valence-corrected chi connectivity index (χ2v) is 6.71. The van der Waals surface area contributed by atoms with Crippen molar-refractivity contribution in [1.29, 1.82) is 0 Å². The number of ether oxygens (including phenoxy) is 1. The number of rotatable bonds is 8. The van der Waals surface area contributed by atoms with E-state index in [2.05, 4.69) is 34.7 Å². The summed E-state index contributed by atoms with van der Waals surface area (Å²) in [6.07, 6.45) is 6.39. The number of imidazole rings is 1. The first-order valence-corrected chi connectivity index (χ1v) is 9.46. The third-order valence-electron chi connectivity index (χ3n) is 4.22. The molecule has 0 spiro atoms. The number of amides is 2. The third-order valence-corrected chi connectivity index (χ3v) is 4.22. The van der Waals surface area contributed by atoms with E-state index in [0.29, 0.717) is 24.6 Å². The van der Waals surface area contributed by atoms with Crippen LogP contribution in [0.3, 0.4) is 0 Å². The maximum atomic E-state index is 12.3. The molecule has 2 amide bonds. The zero-order valence-electron chi connectivity index (χ0n) is 16.3. The van der Waals surface area contributed by atoms with Crippen LogP contribution in [0.2, 0.25) is 0 Å². The van der Waals surface area contributed by atoms with E-state index in [-0.39, 0.29) is 6.03 Å². The van der Waals surface area contributed by atoms with Crippen molar-refractivity contribution in [2.45, 2.75) is 33.4 Å². The van der Waals surface area contributed by atoms with Crippen LogP contribution in [0, 0.1) is 6.92 Å². The molecule has 0 aliphatic rings. The van der Waals surface area contributed by atoms with Gasteiger partial charge in [-0.25, -0.2) is 9.78 Å². The fourth-order valence-corrected chi connectivity index (χ4v) is 2.84. The van der Waals surface area contributed by atoms with Gasteiger partial charge in [-0.3, -0.25) is 0 Å². The summed E-state index contributed by atoms with van der Waals surface area (Å²) >= 11 is 0. The number of benzene rings is 2. The summed E-state index contributed by atoms with van der Waals surface area (Å²) in [7, 11) is 0. The van der Waals surface area contributed by atoms with Crippen molar-refractivity contribution in [1.82, 2.24) is 14.9 Å². The molecule has 3 aromatic rings. The highest BCUT2D eigenvalue weighted by Crippen LogP contribution is 2.25. The maximum absolute atomic E-state index is 12.3. The summed E-state index contributed by atoms with van der Waals surface area (Å²) in [5, 5.41) is 5.79. The second-order valence-electron chi connectivity index (χ2n) is 6.71. The summed E-state index contributed by atoms with van der Waals surface area (Å²) < 4.78 is 7.75. The zero-order valence-corrected chi connectivity index (χ0v) is 16.3. The van der Waals surface area contributed by atoms with Crippen molar-refractivity contribution in [3.8, 4) is 5.75 Å². The van der Waals surface area contributed by atoms with E-state index in [9.17, 15) is 4.79 Å². The number of hydrogen-bond donors (Lipinski definition) is 2. The van der Waals surface area contributed by atoms with E-state index >= 15 is 0 Å². The van der Waals surface area contributed by atoms with Crippen LogP contribution in [-0.4, -0.2) is 22.2 Å². The standard InChI is InChI=1S/C22H26N4O2/c1-3-11-28-21-12-17(2)7-8-20(21)25-22(27)24-14-18-5-4-6-19(13-18)15-26-10-9-23-16-26/h4-10,12-13,16H,3,11,14-15H2,1-2H3,(H2,24,25,27). The second kappa shape index (κ2) is 9.60. The molecule has 1 heterocycles. The number of aromatic nitrogens is 2. The number of nitrogens with one attached hydrogen (secondary N) is 2. The summed E-state index contributed by atoms with van der Waals surface area (Å²) in [4.78, 5) is 16.4. The Morgan fingerprint density at radius 3 is 2.82 bits per heavy atom. The van der Waals surface area contributed by atoms with Crippen LogP contribution < -0.4 is 15.4 Å². The molecule has 0 bridgehead atoms. The molecule has 0 aliphatic heterocycles. The smallest absolute Gasteiger partial charge is 0.319 e. The first kappa shape index (κ1) is 19.5. The lowest BCUT2D eigenvalue weighted by Crippen LogP contribution is -2.28. The zero-order chi connectivity index (χ0) is 19.8. The number of carbonyl (C=O) groups is 1. The molecule has 6 nitrogen and oxygen atoms in total. The Labute approximate surface area is 165 Å². The molecule has 0 saturated heterocycles. The molecule has 0 radical (unpaired) electrons. The Morgan fingerprint density at radius 1 is 1.18 bits per heavy atom. The topological polar surface area (TPSA) is 68.2 Å². The monoisotopic (exact) mass is 378 g/mol. The van der Waals surface area contributed by atoms with Gasteiger partial charge in [0.15, 0.2) is 0 Å². The number of aryl methyl sites for hydroxylation is 1. The summed E-state index contributed by atoms with van der Waals surface area (Å²) in [5.74, 6) is 0.694. The van der Waals surface area contributed by atoms with Gasteiger partial charge in [0.05, 0.1) is 18.6 Å². The van der Waals surface area contributed by atoms with E-state index in [0.717, 1.165) is 29.7 Å². The van der Waals surface area contributed by atoms with Crippen LogP contribution in [0.15, 0.2) is 61.2 Å². The average molecular weight is 378 g/mol. The fraction of sp³-hybridized carbons (Fsp3) is 0.273. The van der Waals surface area contributed by atoms with E-state index in [4.69, 9.17) is 4.74 Å². The number of carbonyl (C=O) groups excluding carboxylic acids is 1. The van der Waals surface area contributed by atoms with Gasteiger partial charge < -0.3 is 19.9 Å². The average Bonchev–Trinajstić information content (AvgIpc) is 3.20. The Bertz CT molecular complexity index is 907. The molecule has 3 rings (SSSR count). The minimum absolute atomic E-state index is 0.259. The van der Waals surface area contributed by atoms with Gasteiger partial charge in [0.25, 0.3) is 0 Å². The molecular formula is C22H26N4O2. The first-order valence-electron chi connectivity index (χ1n) is 9.46. The van der Waals surface area contributed by atoms with Gasteiger partial charge in [0.2, 0.25) is 0 Å².